The highest BCUT2D eigenvalue weighted by Gasteiger charge is 2.38. The van der Waals surface area contributed by atoms with Crippen molar-refractivity contribution in [3.63, 3.8) is 0 Å². The van der Waals surface area contributed by atoms with Gasteiger partial charge in [-0.3, -0.25) is 0 Å². The quantitative estimate of drug-likeness (QED) is 0.775. The van der Waals surface area contributed by atoms with Crippen molar-refractivity contribution < 1.29 is 9.84 Å². The Morgan fingerprint density at radius 2 is 1.93 bits per heavy atom. The van der Waals surface area contributed by atoms with Gasteiger partial charge in [-0.05, 0) is 31.6 Å². The molecule has 0 amide bonds. The lowest BCUT2D eigenvalue weighted by molar-refractivity contribution is 0.0954. The molecule has 30 heavy (non-hydrogen) atoms. The van der Waals surface area contributed by atoms with Gasteiger partial charge in [0.2, 0.25) is 0 Å². The molecule has 1 aromatic carbocycles. The number of ether oxygens (including phenoxy) is 1. The molecule has 3 rings (SSSR count). The van der Waals surface area contributed by atoms with Crippen LogP contribution in [0.25, 0.3) is 5.57 Å². The number of allylic oxidation sites excluding steroid dienone is 6. The summed E-state index contributed by atoms with van der Waals surface area (Å²) >= 11 is 0. The van der Waals surface area contributed by atoms with E-state index in [-0.39, 0.29) is 23.5 Å². The van der Waals surface area contributed by atoms with E-state index in [9.17, 15) is 10.4 Å². The van der Waals surface area contributed by atoms with Crippen LogP contribution in [0, 0.1) is 34.0 Å². The van der Waals surface area contributed by atoms with Gasteiger partial charge < -0.3 is 14.7 Å². The van der Waals surface area contributed by atoms with Crippen LogP contribution in [-0.2, 0) is 4.74 Å². The molecule has 2 aliphatic heterocycles. The summed E-state index contributed by atoms with van der Waals surface area (Å²) in [4.78, 5) is 1.99. The summed E-state index contributed by atoms with van der Waals surface area (Å²) in [5, 5.41) is 37.2. The molecule has 0 fully saturated rings. The van der Waals surface area contributed by atoms with Crippen molar-refractivity contribution in [1.82, 2.24) is 0 Å². The summed E-state index contributed by atoms with van der Waals surface area (Å²) < 4.78 is 5.77. The van der Waals surface area contributed by atoms with Gasteiger partial charge in [0.1, 0.15) is 29.4 Å². The third-order valence-electron chi connectivity index (χ3n) is 4.90. The fourth-order valence-electron chi connectivity index (χ4n) is 3.49. The number of hydrogen-bond donors (Lipinski definition) is 1. The van der Waals surface area contributed by atoms with Gasteiger partial charge in [-0.2, -0.15) is 15.8 Å². The first-order valence-corrected chi connectivity index (χ1v) is 9.39. The van der Waals surface area contributed by atoms with Crippen LogP contribution in [0.4, 0.5) is 5.69 Å². The average Bonchev–Trinajstić information content (AvgIpc) is 3.00. The predicted octanol–water partition coefficient (Wildman–Crippen LogP) is 3.88. The van der Waals surface area contributed by atoms with Gasteiger partial charge in [0.05, 0.1) is 6.61 Å². The summed E-state index contributed by atoms with van der Waals surface area (Å²) in [7, 11) is 0. The first kappa shape index (κ1) is 20.7. The highest BCUT2D eigenvalue weighted by Crippen LogP contribution is 2.40. The minimum Gasteiger partial charge on any atom is -0.480 e. The van der Waals surface area contributed by atoms with Crippen LogP contribution in [-0.4, -0.2) is 23.9 Å². The molecule has 0 unspecified atom stereocenters. The fourth-order valence-corrected chi connectivity index (χ4v) is 3.49. The molecule has 0 saturated carbocycles. The number of aliphatic hydroxyl groups is 1. The van der Waals surface area contributed by atoms with Crippen LogP contribution in [0.2, 0.25) is 0 Å². The van der Waals surface area contributed by atoms with Gasteiger partial charge in [-0.25, -0.2) is 0 Å². The Labute approximate surface area is 175 Å². The number of nitrogens with zero attached hydrogens (tertiary/aromatic N) is 4. The third-order valence-corrected chi connectivity index (χ3v) is 4.90. The van der Waals surface area contributed by atoms with Gasteiger partial charge in [-0.1, -0.05) is 36.4 Å². The number of nitriles is 3. The van der Waals surface area contributed by atoms with Crippen LogP contribution >= 0.6 is 0 Å². The molecule has 1 aromatic rings. The molecule has 2 heterocycles. The van der Waals surface area contributed by atoms with Crippen molar-refractivity contribution in [1.29, 1.82) is 15.8 Å². The van der Waals surface area contributed by atoms with E-state index < -0.39 is 5.60 Å². The monoisotopic (exact) mass is 396 g/mol. The number of para-hydroxylation sites is 1. The number of hydrogen-bond acceptors (Lipinski definition) is 6. The summed E-state index contributed by atoms with van der Waals surface area (Å²) in [6, 6.07) is 13.6. The van der Waals surface area contributed by atoms with Crippen molar-refractivity contribution in [2.75, 3.05) is 18.1 Å². The summed E-state index contributed by atoms with van der Waals surface area (Å²) in [6.07, 6.45) is 9.43. The molecular formula is C24H20N4O2. The van der Waals surface area contributed by atoms with E-state index >= 15 is 0 Å². The Kier molecular flexibility index (Phi) is 5.88. The summed E-state index contributed by atoms with van der Waals surface area (Å²) in [5.41, 5.74) is 2.77. The van der Waals surface area contributed by atoms with Gasteiger partial charge in [-0.15, -0.1) is 0 Å². The molecule has 0 aromatic heterocycles. The third kappa shape index (κ3) is 3.76. The molecule has 148 valence electrons. The standard InChI is InChI=1S/C24H20N4O2/c1-24(2)21(20(16-27)23(30-24)18(14-25)15-26)8-5-6-17-10-11-28(12-13-29)22-9-4-3-7-19(17)22/h3-11,29H,12-13H2,1-2H3/b8-5+,17-6-. The highest BCUT2D eigenvalue weighted by atomic mass is 16.5. The van der Waals surface area contributed by atoms with Crippen LogP contribution in [0.1, 0.15) is 19.4 Å². The van der Waals surface area contributed by atoms with Crippen LogP contribution in [0.15, 0.2) is 77.2 Å². The maximum Gasteiger partial charge on any atom is 0.172 e. The van der Waals surface area contributed by atoms with Crippen molar-refractivity contribution in [2.24, 2.45) is 0 Å². The maximum atomic E-state index is 9.61. The van der Waals surface area contributed by atoms with Gasteiger partial charge >= 0.3 is 0 Å². The lowest BCUT2D eigenvalue weighted by atomic mass is 9.94. The summed E-state index contributed by atoms with van der Waals surface area (Å²) in [5.74, 6) is 0.0300. The van der Waals surface area contributed by atoms with E-state index in [0.717, 1.165) is 16.8 Å². The Hall–Kier alpha value is -4.05. The largest absolute Gasteiger partial charge is 0.480 e. The molecule has 6 nitrogen and oxygen atoms in total. The number of β-amino-alcohol motifs (C(OH)–C–C–N with tert-alkyl or cyclic N) is 1. The van der Waals surface area contributed by atoms with E-state index in [1.807, 2.05) is 53.6 Å². The van der Waals surface area contributed by atoms with E-state index in [2.05, 4.69) is 6.07 Å². The molecule has 0 bridgehead atoms. The Bertz CT molecular complexity index is 1130. The topological polar surface area (TPSA) is 104 Å². The molecular weight excluding hydrogens is 376 g/mol. The zero-order valence-electron chi connectivity index (χ0n) is 16.8. The number of anilines is 1. The normalized spacial score (nSPS) is 18.1. The molecule has 6 heteroatoms. The zero-order valence-corrected chi connectivity index (χ0v) is 16.8. The average molecular weight is 396 g/mol. The fraction of sp³-hybridized carbons (Fsp3) is 0.208. The van der Waals surface area contributed by atoms with E-state index in [4.69, 9.17) is 15.3 Å². The second kappa shape index (κ2) is 8.53. The minimum atomic E-state index is -0.841. The molecule has 2 aliphatic rings. The van der Waals surface area contributed by atoms with Crippen molar-refractivity contribution >= 4 is 11.3 Å². The minimum absolute atomic E-state index is 0.0300. The Morgan fingerprint density at radius 3 is 2.60 bits per heavy atom. The first-order valence-electron chi connectivity index (χ1n) is 9.39. The molecule has 0 atom stereocenters. The number of fused-ring (bicyclic) bond motifs is 1. The van der Waals surface area contributed by atoms with E-state index in [1.165, 1.54) is 0 Å². The number of rotatable bonds is 4. The predicted molar refractivity (Wildman–Crippen MR) is 113 cm³/mol. The van der Waals surface area contributed by atoms with Crippen molar-refractivity contribution in [3.8, 4) is 18.2 Å². The zero-order chi connectivity index (χ0) is 21.7. The summed E-state index contributed by atoms with van der Waals surface area (Å²) in [6.45, 7) is 4.15. The van der Waals surface area contributed by atoms with Crippen LogP contribution < -0.4 is 4.90 Å². The number of benzene rings is 1. The highest BCUT2D eigenvalue weighted by molar-refractivity contribution is 5.86. The smallest absolute Gasteiger partial charge is 0.172 e. The van der Waals surface area contributed by atoms with Crippen LogP contribution in [0.5, 0.6) is 0 Å². The van der Waals surface area contributed by atoms with Crippen molar-refractivity contribution in [2.45, 2.75) is 19.4 Å². The second-order valence-electron chi connectivity index (χ2n) is 7.17. The van der Waals surface area contributed by atoms with Gasteiger partial charge in [0, 0.05) is 29.6 Å². The number of aliphatic hydroxyl groups excluding tert-OH is 1. The van der Waals surface area contributed by atoms with E-state index in [0.29, 0.717) is 12.1 Å². The van der Waals surface area contributed by atoms with Crippen molar-refractivity contribution in [3.05, 3.63) is 82.8 Å². The lowest BCUT2D eigenvalue weighted by Crippen LogP contribution is -2.23. The molecule has 1 N–H and O–H groups in total. The SMILES string of the molecule is CC1(C)OC(=C(C#N)C#N)C(C#N)=C1/C=C/C=C1/C=CN(CCO)c2ccccc21. The first-order chi connectivity index (χ1) is 14.5. The van der Waals surface area contributed by atoms with E-state index in [1.54, 1.807) is 32.1 Å². The maximum absolute atomic E-state index is 9.61. The van der Waals surface area contributed by atoms with Gasteiger partial charge in [0.15, 0.2) is 11.3 Å². The molecule has 0 saturated heterocycles. The van der Waals surface area contributed by atoms with Gasteiger partial charge in [0.25, 0.3) is 0 Å². The molecule has 0 spiro atoms. The molecule has 0 aliphatic carbocycles. The lowest BCUT2D eigenvalue weighted by Gasteiger charge is -2.26. The second-order valence-corrected chi connectivity index (χ2v) is 7.17. The van der Waals surface area contributed by atoms with Crippen LogP contribution in [0.3, 0.4) is 0 Å². The Balaban J connectivity index is 2.01. The molecule has 0 radical (unpaired) electrons. The Morgan fingerprint density at radius 1 is 1.20 bits per heavy atom.